The molecule has 0 aliphatic carbocycles. The molecule has 3 rings (SSSR count). The molecule has 0 fully saturated rings. The standard InChI is InChI=1S/C25H32N2OS/c1-6-18(4)20-9-11-21(12-10-20)24(28)15-27-22(7-2)16-29-25(27)26-23-13-8-17(3)14-19(23)5/h8-14,18,22H,6-7,15-16H2,1-5H3/p+1/t18-,22-/m1/s1. The summed E-state index contributed by atoms with van der Waals surface area (Å²) in [6.07, 6.45) is 2.14. The number of carbonyl (C=O) groups is 1. The third-order valence-electron chi connectivity index (χ3n) is 5.94. The number of aryl methyl sites for hydroxylation is 2. The maximum Gasteiger partial charge on any atom is 0.312 e. The minimum absolute atomic E-state index is 0.182. The lowest BCUT2D eigenvalue weighted by Gasteiger charge is -2.13. The first-order valence-electron chi connectivity index (χ1n) is 10.7. The largest absolute Gasteiger partial charge is 0.312 e. The van der Waals surface area contributed by atoms with Crippen LogP contribution >= 0.6 is 11.8 Å². The maximum absolute atomic E-state index is 13.0. The summed E-state index contributed by atoms with van der Waals surface area (Å²) < 4.78 is 2.26. The molecule has 1 aliphatic heterocycles. The molecule has 0 bridgehead atoms. The van der Waals surface area contributed by atoms with Crippen molar-refractivity contribution < 1.29 is 9.37 Å². The molecule has 2 atom stereocenters. The van der Waals surface area contributed by atoms with Crippen LogP contribution in [0.4, 0.5) is 5.69 Å². The predicted octanol–water partition coefficient (Wildman–Crippen LogP) is 6.01. The van der Waals surface area contributed by atoms with Gasteiger partial charge in [-0.25, -0.2) is 9.89 Å². The number of hydrogen-bond donors (Lipinski definition) is 1. The van der Waals surface area contributed by atoms with Crippen molar-refractivity contribution >= 4 is 28.4 Å². The van der Waals surface area contributed by atoms with Crippen molar-refractivity contribution in [3.8, 4) is 0 Å². The molecule has 0 saturated carbocycles. The van der Waals surface area contributed by atoms with Crippen LogP contribution in [0.5, 0.6) is 0 Å². The molecule has 2 aromatic rings. The van der Waals surface area contributed by atoms with E-state index in [1.807, 2.05) is 23.9 Å². The van der Waals surface area contributed by atoms with Gasteiger partial charge in [-0.2, -0.15) is 0 Å². The highest BCUT2D eigenvalue weighted by molar-refractivity contribution is 8.14. The number of nitrogens with zero attached hydrogens (tertiary/aromatic N) is 1. The molecule has 0 radical (unpaired) electrons. The number of anilines is 1. The van der Waals surface area contributed by atoms with Crippen LogP contribution in [-0.4, -0.2) is 33.9 Å². The zero-order chi connectivity index (χ0) is 21.0. The van der Waals surface area contributed by atoms with E-state index in [0.717, 1.165) is 35.0 Å². The average molecular weight is 410 g/mol. The third-order valence-corrected chi connectivity index (χ3v) is 7.10. The highest BCUT2D eigenvalue weighted by Crippen LogP contribution is 2.25. The molecule has 154 valence electrons. The van der Waals surface area contributed by atoms with Gasteiger partial charge in [-0.15, -0.1) is 0 Å². The van der Waals surface area contributed by atoms with Gasteiger partial charge in [0.1, 0.15) is 18.3 Å². The van der Waals surface area contributed by atoms with Crippen LogP contribution in [0.15, 0.2) is 42.5 Å². The molecule has 1 N–H and O–H groups in total. The summed E-state index contributed by atoms with van der Waals surface area (Å²) in [6.45, 7) is 11.3. The Labute approximate surface area is 179 Å². The first-order chi connectivity index (χ1) is 13.9. The van der Waals surface area contributed by atoms with Gasteiger partial charge in [-0.3, -0.25) is 4.79 Å². The molecule has 0 unspecified atom stereocenters. The van der Waals surface area contributed by atoms with Crippen molar-refractivity contribution in [3.63, 3.8) is 0 Å². The minimum Gasteiger partial charge on any atom is -0.290 e. The lowest BCUT2D eigenvalue weighted by atomic mass is 9.97. The lowest BCUT2D eigenvalue weighted by Crippen LogP contribution is -2.33. The number of carbonyl (C=O) groups excluding carboxylic acids is 1. The van der Waals surface area contributed by atoms with E-state index in [4.69, 9.17) is 0 Å². The van der Waals surface area contributed by atoms with Gasteiger partial charge in [-0.1, -0.05) is 62.7 Å². The normalized spacial score (nSPS) is 17.5. The maximum atomic E-state index is 13.0. The van der Waals surface area contributed by atoms with Gasteiger partial charge in [0.15, 0.2) is 0 Å². The molecule has 4 heteroatoms. The van der Waals surface area contributed by atoms with Gasteiger partial charge in [0.2, 0.25) is 5.78 Å². The van der Waals surface area contributed by atoms with Gasteiger partial charge in [0.05, 0.1) is 0 Å². The monoisotopic (exact) mass is 409 g/mol. The fourth-order valence-corrected chi connectivity index (χ4v) is 5.04. The number of nitrogens with one attached hydrogen (secondary N) is 1. The van der Waals surface area contributed by atoms with E-state index in [9.17, 15) is 4.79 Å². The third kappa shape index (κ3) is 5.11. The van der Waals surface area contributed by atoms with Crippen molar-refractivity contribution in [2.24, 2.45) is 0 Å². The molecular weight excluding hydrogens is 376 g/mol. The second-order valence-corrected chi connectivity index (χ2v) is 9.11. The predicted molar refractivity (Wildman–Crippen MR) is 126 cm³/mol. The van der Waals surface area contributed by atoms with E-state index < -0.39 is 0 Å². The zero-order valence-corrected chi connectivity index (χ0v) is 19.1. The molecule has 0 spiro atoms. The summed E-state index contributed by atoms with van der Waals surface area (Å²) >= 11 is 1.82. The number of rotatable bonds is 7. The molecule has 0 aromatic heterocycles. The molecular formula is C25H33N2OS+. The summed E-state index contributed by atoms with van der Waals surface area (Å²) in [5.74, 6) is 1.73. The molecule has 29 heavy (non-hydrogen) atoms. The van der Waals surface area contributed by atoms with Gasteiger partial charge < -0.3 is 0 Å². The van der Waals surface area contributed by atoms with E-state index in [0.29, 0.717) is 18.5 Å². The number of amidine groups is 1. The van der Waals surface area contributed by atoms with Crippen LogP contribution in [0.1, 0.15) is 66.6 Å². The fraction of sp³-hybridized carbons (Fsp3) is 0.440. The quantitative estimate of drug-likeness (QED) is 0.449. The van der Waals surface area contributed by atoms with Crippen LogP contribution in [0.2, 0.25) is 0 Å². The summed E-state index contributed by atoms with van der Waals surface area (Å²) in [4.78, 5) is 13.0. The zero-order valence-electron chi connectivity index (χ0n) is 18.3. The molecule has 0 amide bonds. The SMILES string of the molecule is CC[C@@H]1CSC(Nc2ccc(C)cc2C)=[N+]1CC(=O)c1ccc([C@H](C)CC)cc1. The molecule has 1 heterocycles. The first kappa shape index (κ1) is 21.6. The van der Waals surface area contributed by atoms with E-state index in [1.165, 1.54) is 16.7 Å². The Bertz CT molecular complexity index is 902. The van der Waals surface area contributed by atoms with Crippen LogP contribution < -0.4 is 5.32 Å². The Balaban J connectivity index is 1.81. The Morgan fingerprint density at radius 3 is 2.52 bits per heavy atom. The summed E-state index contributed by atoms with van der Waals surface area (Å²) in [6, 6.07) is 15.0. The van der Waals surface area contributed by atoms with Crippen LogP contribution in [0.25, 0.3) is 0 Å². The van der Waals surface area contributed by atoms with Crippen molar-refractivity contribution in [3.05, 3.63) is 64.7 Å². The molecule has 2 aromatic carbocycles. The Morgan fingerprint density at radius 2 is 1.90 bits per heavy atom. The van der Waals surface area contributed by atoms with Gasteiger partial charge in [-0.05, 0) is 61.6 Å². The second-order valence-electron chi connectivity index (χ2n) is 8.10. The summed E-state index contributed by atoms with van der Waals surface area (Å²) in [5.41, 5.74) is 5.71. The van der Waals surface area contributed by atoms with Gasteiger partial charge in [0.25, 0.3) is 0 Å². The Hall–Kier alpha value is -2.07. The lowest BCUT2D eigenvalue weighted by molar-refractivity contribution is -0.543. The number of Topliss-reactive ketones (excluding diaryl/α,β-unsaturated/α-hetero) is 1. The number of benzene rings is 2. The van der Waals surface area contributed by atoms with E-state index in [-0.39, 0.29) is 5.78 Å². The smallest absolute Gasteiger partial charge is 0.290 e. The fourth-order valence-electron chi connectivity index (χ4n) is 3.71. The van der Waals surface area contributed by atoms with Crippen molar-refractivity contribution in [1.29, 1.82) is 0 Å². The Kier molecular flexibility index (Phi) is 7.18. The minimum atomic E-state index is 0.182. The Morgan fingerprint density at radius 1 is 1.17 bits per heavy atom. The number of ketones is 1. The summed E-state index contributed by atoms with van der Waals surface area (Å²) in [7, 11) is 0. The highest BCUT2D eigenvalue weighted by Gasteiger charge is 2.32. The molecule has 3 nitrogen and oxygen atoms in total. The second kappa shape index (κ2) is 9.62. The summed E-state index contributed by atoms with van der Waals surface area (Å²) in [5, 5.41) is 4.68. The van der Waals surface area contributed by atoms with Crippen LogP contribution in [-0.2, 0) is 0 Å². The van der Waals surface area contributed by atoms with Crippen LogP contribution in [0, 0.1) is 13.8 Å². The van der Waals surface area contributed by atoms with Crippen molar-refractivity contribution in [2.45, 2.75) is 59.4 Å². The topological polar surface area (TPSA) is 32.1 Å². The van der Waals surface area contributed by atoms with E-state index >= 15 is 0 Å². The van der Waals surface area contributed by atoms with Gasteiger partial charge >= 0.3 is 5.17 Å². The van der Waals surface area contributed by atoms with E-state index in [1.54, 1.807) is 0 Å². The van der Waals surface area contributed by atoms with Gasteiger partial charge in [0, 0.05) is 11.3 Å². The van der Waals surface area contributed by atoms with E-state index in [2.05, 4.69) is 74.8 Å². The molecule has 1 aliphatic rings. The van der Waals surface area contributed by atoms with Crippen molar-refractivity contribution in [2.75, 3.05) is 17.6 Å². The first-order valence-corrected chi connectivity index (χ1v) is 11.6. The number of hydrogen-bond acceptors (Lipinski definition) is 3. The van der Waals surface area contributed by atoms with Crippen LogP contribution in [0.3, 0.4) is 0 Å². The average Bonchev–Trinajstić information content (AvgIpc) is 3.10. The highest BCUT2D eigenvalue weighted by atomic mass is 32.2. The van der Waals surface area contributed by atoms with Crippen molar-refractivity contribution in [1.82, 2.24) is 0 Å². The molecule has 0 saturated heterocycles. The number of thioether (sulfide) groups is 1.